The Morgan fingerprint density at radius 2 is 1.74 bits per heavy atom. The highest BCUT2D eigenvalue weighted by Crippen LogP contribution is 2.20. The molecule has 2 amide bonds. The molecule has 0 saturated carbocycles. The van der Waals surface area contributed by atoms with Crippen molar-refractivity contribution in [3.05, 3.63) is 70.2 Å². The summed E-state index contributed by atoms with van der Waals surface area (Å²) in [7, 11) is 0. The molecule has 0 aliphatic rings. The van der Waals surface area contributed by atoms with E-state index in [2.05, 4.69) is 24.4 Å². The summed E-state index contributed by atoms with van der Waals surface area (Å²) < 4.78 is 0. The number of amides is 2. The van der Waals surface area contributed by atoms with Crippen molar-refractivity contribution in [1.82, 2.24) is 10.2 Å². The Labute approximate surface area is 195 Å². The summed E-state index contributed by atoms with van der Waals surface area (Å²) in [5, 5.41) is 3.69. The molecule has 4 nitrogen and oxygen atoms in total. The van der Waals surface area contributed by atoms with Crippen LogP contribution in [0.1, 0.15) is 50.3 Å². The standard InChI is InChI=1S/C25H33ClN2O2S/c1-5-19(4)27-25(30)23(6-2)28(15-20-11-13-22(26)14-12-20)24(29)17-31-16-21-10-8-7-9-18(21)3/h7-14,19,23H,5-6,15-17H2,1-4H3,(H,27,30)/t19-,23-/m1/s1. The van der Waals surface area contributed by atoms with Gasteiger partial charge in [-0.05, 0) is 55.5 Å². The number of thioether (sulfide) groups is 1. The maximum Gasteiger partial charge on any atom is 0.243 e. The Morgan fingerprint density at radius 3 is 2.35 bits per heavy atom. The molecule has 0 heterocycles. The molecule has 0 aliphatic heterocycles. The number of hydrogen-bond donors (Lipinski definition) is 1. The van der Waals surface area contributed by atoms with Gasteiger partial charge in [-0.3, -0.25) is 9.59 Å². The number of nitrogens with zero attached hydrogens (tertiary/aromatic N) is 1. The van der Waals surface area contributed by atoms with E-state index < -0.39 is 6.04 Å². The first-order chi connectivity index (χ1) is 14.8. The van der Waals surface area contributed by atoms with E-state index in [1.165, 1.54) is 11.1 Å². The van der Waals surface area contributed by atoms with Crippen LogP contribution in [0.5, 0.6) is 0 Å². The van der Waals surface area contributed by atoms with Crippen LogP contribution in [0, 0.1) is 6.92 Å². The number of aryl methyl sites for hydroxylation is 1. The minimum absolute atomic E-state index is 0.0281. The molecule has 31 heavy (non-hydrogen) atoms. The van der Waals surface area contributed by atoms with Crippen molar-refractivity contribution in [2.45, 2.75) is 64.9 Å². The maximum atomic E-state index is 13.2. The first-order valence-corrected chi connectivity index (χ1v) is 12.4. The largest absolute Gasteiger partial charge is 0.352 e. The smallest absolute Gasteiger partial charge is 0.243 e. The fourth-order valence-electron chi connectivity index (χ4n) is 3.25. The summed E-state index contributed by atoms with van der Waals surface area (Å²) >= 11 is 7.60. The number of rotatable bonds is 11. The van der Waals surface area contributed by atoms with Crippen LogP contribution in [-0.2, 0) is 21.9 Å². The van der Waals surface area contributed by atoms with E-state index in [1.807, 2.05) is 57.2 Å². The number of hydrogen-bond acceptors (Lipinski definition) is 3. The van der Waals surface area contributed by atoms with E-state index in [0.717, 1.165) is 17.7 Å². The van der Waals surface area contributed by atoms with Crippen molar-refractivity contribution < 1.29 is 9.59 Å². The second kappa shape index (κ2) is 12.8. The highest BCUT2D eigenvalue weighted by atomic mass is 35.5. The molecule has 0 unspecified atom stereocenters. The zero-order valence-electron chi connectivity index (χ0n) is 18.9. The summed E-state index contributed by atoms with van der Waals surface area (Å²) in [5.74, 6) is 0.973. The number of carbonyl (C=O) groups excluding carboxylic acids is 2. The predicted octanol–water partition coefficient (Wildman–Crippen LogP) is 5.60. The van der Waals surface area contributed by atoms with Gasteiger partial charge in [0.05, 0.1) is 5.75 Å². The van der Waals surface area contributed by atoms with Gasteiger partial charge in [-0.2, -0.15) is 0 Å². The van der Waals surface area contributed by atoms with Gasteiger partial charge in [0.1, 0.15) is 6.04 Å². The van der Waals surface area contributed by atoms with Gasteiger partial charge in [0.15, 0.2) is 0 Å². The van der Waals surface area contributed by atoms with E-state index in [4.69, 9.17) is 11.6 Å². The lowest BCUT2D eigenvalue weighted by Gasteiger charge is -2.31. The van der Waals surface area contributed by atoms with Crippen molar-refractivity contribution in [3.8, 4) is 0 Å². The van der Waals surface area contributed by atoms with Crippen LogP contribution in [0.3, 0.4) is 0 Å². The minimum atomic E-state index is -0.503. The van der Waals surface area contributed by atoms with E-state index in [0.29, 0.717) is 23.7 Å². The first kappa shape index (κ1) is 25.3. The fourth-order valence-corrected chi connectivity index (χ4v) is 4.36. The van der Waals surface area contributed by atoms with Gasteiger partial charge in [-0.1, -0.05) is 61.8 Å². The van der Waals surface area contributed by atoms with Crippen LogP contribution >= 0.6 is 23.4 Å². The van der Waals surface area contributed by atoms with Gasteiger partial charge >= 0.3 is 0 Å². The van der Waals surface area contributed by atoms with Crippen LogP contribution in [0.15, 0.2) is 48.5 Å². The molecule has 0 radical (unpaired) electrons. The van der Waals surface area contributed by atoms with Gasteiger partial charge in [-0.25, -0.2) is 0 Å². The Kier molecular flexibility index (Phi) is 10.4. The normalized spacial score (nSPS) is 12.8. The van der Waals surface area contributed by atoms with Crippen molar-refractivity contribution >= 4 is 35.2 Å². The zero-order chi connectivity index (χ0) is 22.8. The topological polar surface area (TPSA) is 49.4 Å². The number of benzene rings is 2. The summed E-state index contributed by atoms with van der Waals surface area (Å²) in [5.41, 5.74) is 3.40. The third-order valence-corrected chi connectivity index (χ3v) is 6.62. The Hall–Kier alpha value is -1.98. The van der Waals surface area contributed by atoms with Gasteiger partial charge in [0.25, 0.3) is 0 Å². The molecule has 2 aromatic rings. The quantitative estimate of drug-likeness (QED) is 0.474. The number of nitrogens with one attached hydrogen (secondary N) is 1. The van der Waals surface area contributed by atoms with Gasteiger partial charge in [0, 0.05) is 23.4 Å². The summed E-state index contributed by atoms with van der Waals surface area (Å²) in [6.45, 7) is 8.42. The SMILES string of the molecule is CC[C@@H](C)NC(=O)[C@@H](CC)N(Cc1ccc(Cl)cc1)C(=O)CSCc1ccccc1C. The third-order valence-electron chi connectivity index (χ3n) is 5.40. The van der Waals surface area contributed by atoms with Crippen LogP contribution in [0.4, 0.5) is 0 Å². The molecule has 6 heteroatoms. The fraction of sp³-hybridized carbons (Fsp3) is 0.440. The lowest BCUT2D eigenvalue weighted by molar-refractivity contribution is -0.139. The highest BCUT2D eigenvalue weighted by molar-refractivity contribution is 7.99. The molecule has 1 N–H and O–H groups in total. The van der Waals surface area contributed by atoms with Gasteiger partial charge < -0.3 is 10.2 Å². The minimum Gasteiger partial charge on any atom is -0.352 e. The first-order valence-electron chi connectivity index (χ1n) is 10.8. The Balaban J connectivity index is 2.14. The van der Waals surface area contributed by atoms with Crippen molar-refractivity contribution in [3.63, 3.8) is 0 Å². The summed E-state index contributed by atoms with van der Waals surface area (Å²) in [4.78, 5) is 27.9. The van der Waals surface area contributed by atoms with Gasteiger partial charge in [0.2, 0.25) is 11.8 Å². The molecule has 2 atom stereocenters. The number of carbonyl (C=O) groups is 2. The van der Waals surface area contributed by atoms with Crippen LogP contribution in [0.2, 0.25) is 5.02 Å². The van der Waals surface area contributed by atoms with Crippen molar-refractivity contribution in [2.75, 3.05) is 5.75 Å². The molecule has 0 aliphatic carbocycles. The second-order valence-electron chi connectivity index (χ2n) is 7.81. The average Bonchev–Trinajstić information content (AvgIpc) is 2.76. The Morgan fingerprint density at radius 1 is 1.06 bits per heavy atom. The monoisotopic (exact) mass is 460 g/mol. The lowest BCUT2D eigenvalue weighted by Crippen LogP contribution is -2.51. The van der Waals surface area contributed by atoms with E-state index in [-0.39, 0.29) is 17.9 Å². The van der Waals surface area contributed by atoms with Gasteiger partial charge in [-0.15, -0.1) is 11.8 Å². The van der Waals surface area contributed by atoms with E-state index in [9.17, 15) is 9.59 Å². The average molecular weight is 461 g/mol. The molecule has 168 valence electrons. The highest BCUT2D eigenvalue weighted by Gasteiger charge is 2.29. The lowest BCUT2D eigenvalue weighted by atomic mass is 10.1. The maximum absolute atomic E-state index is 13.2. The molecule has 0 fully saturated rings. The second-order valence-corrected chi connectivity index (χ2v) is 9.23. The zero-order valence-corrected chi connectivity index (χ0v) is 20.4. The van der Waals surface area contributed by atoms with Crippen LogP contribution in [0.25, 0.3) is 0 Å². The molecule has 0 spiro atoms. The van der Waals surface area contributed by atoms with Crippen molar-refractivity contribution in [2.24, 2.45) is 0 Å². The summed E-state index contributed by atoms with van der Waals surface area (Å²) in [6, 6.07) is 15.2. The number of halogens is 1. The van der Waals surface area contributed by atoms with E-state index >= 15 is 0 Å². The molecular formula is C25H33ClN2O2S. The molecular weight excluding hydrogens is 428 g/mol. The Bertz CT molecular complexity index is 857. The molecule has 2 rings (SSSR count). The molecule has 0 saturated heterocycles. The third kappa shape index (κ3) is 7.89. The molecule has 0 aromatic heterocycles. The predicted molar refractivity (Wildman–Crippen MR) is 131 cm³/mol. The molecule has 2 aromatic carbocycles. The molecule has 0 bridgehead atoms. The van der Waals surface area contributed by atoms with Crippen LogP contribution in [-0.4, -0.2) is 34.6 Å². The summed E-state index contributed by atoms with van der Waals surface area (Å²) in [6.07, 6.45) is 1.41. The van der Waals surface area contributed by atoms with E-state index in [1.54, 1.807) is 16.7 Å². The van der Waals surface area contributed by atoms with Crippen LogP contribution < -0.4 is 5.32 Å². The van der Waals surface area contributed by atoms with Crippen molar-refractivity contribution in [1.29, 1.82) is 0 Å².